The highest BCUT2D eigenvalue weighted by molar-refractivity contribution is 7.99. The Balaban J connectivity index is 1.28. The van der Waals surface area contributed by atoms with Crippen LogP contribution < -0.4 is 33.7 Å². The number of aryl methyl sites for hydroxylation is 1. The van der Waals surface area contributed by atoms with Gasteiger partial charge in [0.05, 0.1) is 44.0 Å². The van der Waals surface area contributed by atoms with Crippen LogP contribution in [-0.2, 0) is 37.5 Å². The van der Waals surface area contributed by atoms with Gasteiger partial charge in [0.2, 0.25) is 6.79 Å². The van der Waals surface area contributed by atoms with Crippen molar-refractivity contribution in [3.05, 3.63) is 75.4 Å². The fraction of sp³-hybridized carbons (Fsp3) is 0.465. The third-order valence-corrected chi connectivity index (χ3v) is 14.3. The summed E-state index contributed by atoms with van der Waals surface area (Å²) in [5, 5.41) is 27.6. The second-order valence-electron chi connectivity index (χ2n) is 15.9. The quantitative estimate of drug-likeness (QED) is 0.183. The molecule has 16 heteroatoms. The zero-order chi connectivity index (χ0) is 41.7. The molecule has 3 aromatic carbocycles. The van der Waals surface area contributed by atoms with E-state index in [-0.39, 0.29) is 42.8 Å². The number of phenolic OH excluding ortho intramolecular Hbond substituents is 1. The number of fused-ring (bicyclic) bond motifs is 9. The number of hydrogen-bond donors (Lipinski definition) is 3. The van der Waals surface area contributed by atoms with Crippen molar-refractivity contribution in [3.63, 3.8) is 0 Å². The average Bonchev–Trinajstić information content (AvgIpc) is 3.70. The third-order valence-electron chi connectivity index (χ3n) is 12.8. The van der Waals surface area contributed by atoms with Gasteiger partial charge in [0, 0.05) is 47.5 Å². The number of phenols is 1. The number of rotatable bonds is 6. The molecule has 15 nitrogen and oxygen atoms in total. The summed E-state index contributed by atoms with van der Waals surface area (Å²) in [7, 11) is 4.95. The van der Waals surface area contributed by atoms with Crippen molar-refractivity contribution in [1.82, 2.24) is 15.1 Å². The van der Waals surface area contributed by atoms with Gasteiger partial charge >= 0.3 is 17.9 Å². The molecule has 10 rings (SSSR count). The van der Waals surface area contributed by atoms with Gasteiger partial charge in [0.25, 0.3) is 0 Å². The predicted molar refractivity (Wildman–Crippen MR) is 213 cm³/mol. The summed E-state index contributed by atoms with van der Waals surface area (Å²) in [4.78, 5) is 44.6. The summed E-state index contributed by atoms with van der Waals surface area (Å²) in [6, 6.07) is 3.15. The molecule has 3 aromatic rings. The summed E-state index contributed by atoms with van der Waals surface area (Å²) in [6.07, 6.45) is 1.36. The number of benzene rings is 3. The minimum Gasteiger partial charge on any atom is -0.504 e. The number of nitrogens with one attached hydrogen (secondary N) is 1. The number of ether oxygens (including phenoxy) is 7. The Morgan fingerprint density at radius 2 is 1.81 bits per heavy atom. The Kier molecular flexibility index (Phi) is 9.78. The van der Waals surface area contributed by atoms with Crippen molar-refractivity contribution in [2.45, 2.75) is 81.2 Å². The van der Waals surface area contributed by atoms with Crippen molar-refractivity contribution in [3.8, 4) is 40.2 Å². The molecule has 3 N–H and O–H groups in total. The molecule has 7 aliphatic heterocycles. The molecule has 7 atom stereocenters. The van der Waals surface area contributed by atoms with Crippen LogP contribution >= 0.6 is 11.8 Å². The number of aliphatic hydroxyl groups excluding tert-OH is 1. The van der Waals surface area contributed by atoms with Crippen molar-refractivity contribution in [1.29, 1.82) is 0 Å². The van der Waals surface area contributed by atoms with Gasteiger partial charge in [0.15, 0.2) is 40.0 Å². The lowest BCUT2D eigenvalue weighted by atomic mass is 9.73. The second kappa shape index (κ2) is 14.6. The molecule has 2 fully saturated rings. The number of esters is 3. The molecular weight excluding hydrogens is 783 g/mol. The van der Waals surface area contributed by atoms with E-state index in [0.717, 1.165) is 16.7 Å². The lowest BCUT2D eigenvalue weighted by Gasteiger charge is -2.62. The van der Waals surface area contributed by atoms with Gasteiger partial charge in [-0.25, -0.2) is 4.79 Å². The van der Waals surface area contributed by atoms with E-state index in [1.54, 1.807) is 12.1 Å². The SMILES string of the molecule is C=CCC(=O)Oc1cc2c(cc1OC)[C@@]1(CS[C@@H]3c4c(OC(C)=O)c(C)c5c(c4[C@H](COC1=O)N1C3[C@@H]3c4c(cc(C)c(OC)c4O)C[C@@H]([C@@H]1O)N3C)OCO5)NCC2. The Hall–Kier alpha value is -5.00. The van der Waals surface area contributed by atoms with Crippen LogP contribution in [0.4, 0.5) is 0 Å². The first-order valence-electron chi connectivity index (χ1n) is 19.6. The van der Waals surface area contributed by atoms with Crippen LogP contribution in [-0.4, -0.2) is 103 Å². The molecule has 1 spiro atoms. The van der Waals surface area contributed by atoms with Crippen LogP contribution in [0.25, 0.3) is 0 Å². The lowest BCUT2D eigenvalue weighted by Crippen LogP contribution is -2.70. The molecule has 312 valence electrons. The number of likely N-dealkylation sites (N-methyl/N-ethyl adjacent to an activating group) is 1. The number of carbonyl (C=O) groups is 3. The summed E-state index contributed by atoms with van der Waals surface area (Å²) in [5.41, 5.74) is 4.16. The van der Waals surface area contributed by atoms with Crippen molar-refractivity contribution < 1.29 is 57.8 Å². The van der Waals surface area contributed by atoms with Crippen LogP contribution in [0.2, 0.25) is 0 Å². The van der Waals surface area contributed by atoms with E-state index in [9.17, 15) is 24.6 Å². The predicted octanol–water partition coefficient (Wildman–Crippen LogP) is 4.19. The van der Waals surface area contributed by atoms with Gasteiger partial charge in [-0.2, -0.15) is 0 Å². The number of piperazine rings is 1. The standard InChI is InChI=1S/C43H47N3O12S/c1-8-9-29(48)58-28-14-22-10-11-44-43(24(22)15-27(28)52-6)17-59-40-32-31(39-38(55-18-56-39)20(3)37(32)57-21(4)47)26(16-54-42(43)51)46-34(40)33-30-23(13-25(41(46)50)45(33)5)12-19(2)36(53-7)35(30)49/h8,12,14-15,25-26,33-34,40-41,44,49-50H,1,9-11,13,16-18H2,2-7H3/t25-,26-,33-,34?,40+,41-,43+/m0/s1. The van der Waals surface area contributed by atoms with Crippen LogP contribution in [0.3, 0.4) is 0 Å². The Bertz CT molecular complexity index is 2320. The van der Waals surface area contributed by atoms with E-state index < -0.39 is 59.1 Å². The normalized spacial score (nSPS) is 27.7. The van der Waals surface area contributed by atoms with E-state index in [4.69, 9.17) is 33.2 Å². The molecular formula is C43H47N3O12S. The van der Waals surface area contributed by atoms with Gasteiger partial charge in [-0.1, -0.05) is 12.1 Å². The summed E-state index contributed by atoms with van der Waals surface area (Å²) in [6.45, 7) is 8.78. The van der Waals surface area contributed by atoms with Crippen molar-refractivity contribution in [2.24, 2.45) is 0 Å². The van der Waals surface area contributed by atoms with Crippen molar-refractivity contribution >= 4 is 29.7 Å². The topological polar surface area (TPSA) is 175 Å². The first kappa shape index (κ1) is 39.5. The van der Waals surface area contributed by atoms with E-state index >= 15 is 0 Å². The maximum Gasteiger partial charge on any atom is 0.331 e. The number of carbonyl (C=O) groups excluding carboxylic acids is 3. The number of aromatic hydroxyl groups is 1. The van der Waals surface area contributed by atoms with Crippen LogP contribution in [0.15, 0.2) is 30.9 Å². The fourth-order valence-corrected chi connectivity index (χ4v) is 12.0. The Morgan fingerprint density at radius 1 is 1.03 bits per heavy atom. The molecule has 0 amide bonds. The minimum atomic E-state index is -1.42. The fourth-order valence-electron chi connectivity index (χ4n) is 10.3. The smallest absolute Gasteiger partial charge is 0.331 e. The van der Waals surface area contributed by atoms with E-state index in [0.29, 0.717) is 70.2 Å². The largest absolute Gasteiger partial charge is 0.504 e. The zero-order valence-corrected chi connectivity index (χ0v) is 34.5. The highest BCUT2D eigenvalue weighted by atomic mass is 32.2. The number of nitrogens with zero attached hydrogens (tertiary/aromatic N) is 2. The van der Waals surface area contributed by atoms with Crippen LogP contribution in [0.5, 0.6) is 40.2 Å². The number of methoxy groups -OCH3 is 2. The van der Waals surface area contributed by atoms with Gasteiger partial charge in [-0.05, 0) is 68.1 Å². The molecule has 4 bridgehead atoms. The van der Waals surface area contributed by atoms with Crippen LogP contribution in [0, 0.1) is 13.8 Å². The van der Waals surface area contributed by atoms with Crippen molar-refractivity contribution in [2.75, 3.05) is 47.0 Å². The molecule has 0 saturated carbocycles. The molecule has 1 unspecified atom stereocenters. The zero-order valence-electron chi connectivity index (χ0n) is 33.7. The van der Waals surface area contributed by atoms with E-state index in [2.05, 4.69) is 16.8 Å². The Morgan fingerprint density at radius 3 is 2.54 bits per heavy atom. The first-order chi connectivity index (χ1) is 28.3. The number of aliphatic hydroxyl groups is 1. The second-order valence-corrected chi connectivity index (χ2v) is 17.0. The maximum absolute atomic E-state index is 14.9. The minimum absolute atomic E-state index is 0.00630. The van der Waals surface area contributed by atoms with Gasteiger partial charge in [-0.3, -0.25) is 24.7 Å². The molecule has 2 saturated heterocycles. The van der Waals surface area contributed by atoms with E-state index in [1.165, 1.54) is 39.0 Å². The molecule has 0 aromatic heterocycles. The van der Waals surface area contributed by atoms with Gasteiger partial charge in [0.1, 0.15) is 18.6 Å². The number of hydrogen-bond acceptors (Lipinski definition) is 16. The molecule has 0 radical (unpaired) electrons. The first-order valence-corrected chi connectivity index (χ1v) is 20.7. The lowest BCUT2D eigenvalue weighted by molar-refractivity contribution is -0.186. The summed E-state index contributed by atoms with van der Waals surface area (Å²) in [5.74, 6) is 0.583. The maximum atomic E-state index is 14.9. The summed E-state index contributed by atoms with van der Waals surface area (Å²) >= 11 is 1.45. The van der Waals surface area contributed by atoms with Gasteiger partial charge in [-0.15, -0.1) is 18.3 Å². The summed E-state index contributed by atoms with van der Waals surface area (Å²) < 4.78 is 42.0. The molecule has 59 heavy (non-hydrogen) atoms. The monoisotopic (exact) mass is 829 g/mol. The molecule has 0 aliphatic carbocycles. The Labute approximate surface area is 345 Å². The van der Waals surface area contributed by atoms with Crippen LogP contribution in [0.1, 0.15) is 75.2 Å². The highest BCUT2D eigenvalue weighted by Crippen LogP contribution is 2.64. The highest BCUT2D eigenvalue weighted by Gasteiger charge is 2.61. The molecule has 7 aliphatic rings. The number of thioether (sulfide) groups is 1. The van der Waals surface area contributed by atoms with Gasteiger partial charge < -0.3 is 43.4 Å². The van der Waals surface area contributed by atoms with E-state index in [1.807, 2.05) is 31.9 Å². The average molecular weight is 830 g/mol. The third kappa shape index (κ3) is 5.81. The molecule has 7 heterocycles.